The zero-order valence-electron chi connectivity index (χ0n) is 23.6. The molecule has 4 rings (SSSR count). The maximum Gasteiger partial charge on any atom is 0.266 e. The number of hydrogen-bond acceptors (Lipinski definition) is 7. The van der Waals surface area contributed by atoms with Crippen LogP contribution in [0.25, 0.3) is 0 Å². The number of rotatable bonds is 9. The van der Waals surface area contributed by atoms with Crippen molar-refractivity contribution in [3.05, 3.63) is 0 Å². The minimum Gasteiger partial charge on any atom is -0.393 e. The first-order valence-corrected chi connectivity index (χ1v) is 16.4. The van der Waals surface area contributed by atoms with E-state index in [-0.39, 0.29) is 83.7 Å². The third kappa shape index (κ3) is 6.03. The second kappa shape index (κ2) is 11.5. The molecule has 0 spiro atoms. The lowest BCUT2D eigenvalue weighted by Crippen LogP contribution is -2.63. The summed E-state index contributed by atoms with van der Waals surface area (Å²) in [6, 6.07) is 0.0867. The maximum atomic E-state index is 12.3. The van der Waals surface area contributed by atoms with Gasteiger partial charge in [0.2, 0.25) is 11.8 Å². The first-order valence-electron chi connectivity index (χ1n) is 14.8. The monoisotopic (exact) mass is 571 g/mol. The summed E-state index contributed by atoms with van der Waals surface area (Å²) in [6.45, 7) is 6.53. The van der Waals surface area contributed by atoms with Gasteiger partial charge in [-0.25, -0.2) is 0 Å². The molecule has 11 heteroatoms. The molecule has 0 aromatic heterocycles. The Bertz CT molecular complexity index is 1020. The van der Waals surface area contributed by atoms with Crippen LogP contribution in [0, 0.1) is 46.3 Å². The smallest absolute Gasteiger partial charge is 0.266 e. The quantitative estimate of drug-likeness (QED) is 0.225. The number of fused-ring (bicyclic) bond motifs is 5. The zero-order chi connectivity index (χ0) is 28.8. The Morgan fingerprint density at radius 1 is 1.05 bits per heavy atom. The van der Waals surface area contributed by atoms with Crippen molar-refractivity contribution in [3.8, 4) is 0 Å². The van der Waals surface area contributed by atoms with E-state index in [0.717, 1.165) is 38.5 Å². The van der Waals surface area contributed by atoms with Crippen LogP contribution in [0.5, 0.6) is 0 Å². The maximum absolute atomic E-state index is 12.3. The molecule has 11 atom stereocenters. The summed E-state index contributed by atoms with van der Waals surface area (Å²) in [4.78, 5) is 24.2. The second-order valence-corrected chi connectivity index (χ2v) is 15.1. The lowest BCUT2D eigenvalue weighted by molar-refractivity contribution is -0.202. The normalized spacial score (nSPS) is 42.5. The summed E-state index contributed by atoms with van der Waals surface area (Å²) in [5, 5.41) is 28.9. The third-order valence-corrected chi connectivity index (χ3v) is 12.3. The Hall–Kier alpha value is -1.27. The van der Waals surface area contributed by atoms with Crippen LogP contribution in [-0.4, -0.2) is 72.1 Å². The van der Waals surface area contributed by atoms with E-state index < -0.39 is 28.1 Å². The van der Waals surface area contributed by atoms with Gasteiger partial charge in [0.25, 0.3) is 10.1 Å². The number of carbonyl (C=O) groups is 2. The third-order valence-electron chi connectivity index (χ3n) is 11.6. The van der Waals surface area contributed by atoms with E-state index in [1.807, 2.05) is 0 Å². The Kier molecular flexibility index (Phi) is 9.08. The Morgan fingerprint density at radius 3 is 2.44 bits per heavy atom. The number of carbonyl (C=O) groups excluding carboxylic acids is 2. The van der Waals surface area contributed by atoms with Gasteiger partial charge in [-0.3, -0.25) is 14.1 Å². The van der Waals surface area contributed by atoms with Gasteiger partial charge in [-0.1, -0.05) is 20.8 Å². The van der Waals surface area contributed by atoms with Crippen LogP contribution < -0.4 is 16.4 Å². The van der Waals surface area contributed by atoms with Gasteiger partial charge in [-0.2, -0.15) is 8.42 Å². The fourth-order valence-electron chi connectivity index (χ4n) is 9.54. The molecule has 0 aliphatic heterocycles. The van der Waals surface area contributed by atoms with Crippen LogP contribution in [0.15, 0.2) is 0 Å². The van der Waals surface area contributed by atoms with Crippen LogP contribution >= 0.6 is 0 Å². The highest BCUT2D eigenvalue weighted by Crippen LogP contribution is 2.68. The van der Waals surface area contributed by atoms with E-state index in [0.29, 0.717) is 12.8 Å². The summed E-state index contributed by atoms with van der Waals surface area (Å²) in [7, 11) is -4.11. The van der Waals surface area contributed by atoms with Crippen molar-refractivity contribution in [1.82, 2.24) is 10.6 Å². The predicted molar refractivity (Wildman–Crippen MR) is 147 cm³/mol. The van der Waals surface area contributed by atoms with Crippen LogP contribution in [0.1, 0.15) is 78.6 Å². The number of amides is 2. The predicted octanol–water partition coefficient (Wildman–Crippen LogP) is 1.45. The molecular weight excluding hydrogens is 522 g/mol. The topological polar surface area (TPSA) is 179 Å². The highest BCUT2D eigenvalue weighted by atomic mass is 32.2. The van der Waals surface area contributed by atoms with Gasteiger partial charge >= 0.3 is 0 Å². The molecule has 4 aliphatic rings. The van der Waals surface area contributed by atoms with E-state index in [2.05, 4.69) is 31.4 Å². The van der Waals surface area contributed by atoms with Crippen LogP contribution in [0.4, 0.5) is 0 Å². The van der Waals surface area contributed by atoms with Crippen LogP contribution in [0.3, 0.4) is 0 Å². The van der Waals surface area contributed by atoms with E-state index in [1.165, 1.54) is 0 Å². The second-order valence-electron chi connectivity index (χ2n) is 13.5. The van der Waals surface area contributed by atoms with Crippen LogP contribution in [-0.2, 0) is 19.7 Å². The number of aliphatic hydroxyl groups is 2. The minimum atomic E-state index is -4.11. The highest BCUT2D eigenvalue weighted by Gasteiger charge is 2.65. The summed E-state index contributed by atoms with van der Waals surface area (Å²) in [5.41, 5.74) is 5.18. The molecule has 0 bridgehead atoms. The van der Waals surface area contributed by atoms with E-state index >= 15 is 0 Å². The average molecular weight is 572 g/mol. The van der Waals surface area contributed by atoms with Gasteiger partial charge < -0.3 is 26.6 Å². The lowest BCUT2D eigenvalue weighted by atomic mass is 9.43. The van der Waals surface area contributed by atoms with Crippen LogP contribution in [0.2, 0.25) is 0 Å². The lowest BCUT2D eigenvalue weighted by Gasteiger charge is -2.63. The van der Waals surface area contributed by atoms with E-state index in [1.54, 1.807) is 0 Å². The molecule has 7 N–H and O–H groups in total. The molecule has 3 unspecified atom stereocenters. The van der Waals surface area contributed by atoms with Gasteiger partial charge in [0.1, 0.15) is 0 Å². The first-order chi connectivity index (χ1) is 18.2. The Labute approximate surface area is 233 Å². The SMILES string of the molecule is C[C@H](CCC(=O)NCCS(=O)(=O)O)[C@H]1CCC2C3C(C[C@H](O)[C@@]21C)[C@@]1(C)CC[C@H](NC(=O)CN)C[C@H]1C[C@H]3O. The Morgan fingerprint density at radius 2 is 1.77 bits per heavy atom. The molecule has 0 aromatic carbocycles. The van der Waals surface area contributed by atoms with Crippen molar-refractivity contribution in [2.45, 2.75) is 96.8 Å². The molecule has 4 fully saturated rings. The number of aliphatic hydroxyl groups excluding tert-OH is 2. The number of nitrogens with one attached hydrogen (secondary N) is 2. The Balaban J connectivity index is 1.42. The molecule has 4 saturated carbocycles. The number of hydrogen-bond donors (Lipinski definition) is 6. The van der Waals surface area contributed by atoms with Gasteiger partial charge in [0.15, 0.2) is 0 Å². The van der Waals surface area contributed by atoms with Crippen molar-refractivity contribution >= 4 is 21.9 Å². The van der Waals surface area contributed by atoms with E-state index in [4.69, 9.17) is 10.3 Å². The molecule has 2 amide bonds. The molecule has 39 heavy (non-hydrogen) atoms. The van der Waals surface area contributed by atoms with Gasteiger partial charge in [-0.15, -0.1) is 0 Å². The summed E-state index contributed by atoms with van der Waals surface area (Å²) in [5.74, 6) is 0.397. The first kappa shape index (κ1) is 30.7. The molecule has 0 saturated heterocycles. The fourth-order valence-corrected chi connectivity index (χ4v) is 9.90. The van der Waals surface area contributed by atoms with Crippen molar-refractivity contribution in [1.29, 1.82) is 0 Å². The molecule has 0 radical (unpaired) electrons. The van der Waals surface area contributed by atoms with Gasteiger partial charge in [-0.05, 0) is 97.7 Å². The van der Waals surface area contributed by atoms with E-state index in [9.17, 15) is 28.2 Å². The summed E-state index contributed by atoms with van der Waals surface area (Å²) >= 11 is 0. The molecule has 0 aromatic rings. The summed E-state index contributed by atoms with van der Waals surface area (Å²) < 4.78 is 30.6. The fraction of sp³-hybridized carbons (Fsp3) is 0.929. The molecule has 224 valence electrons. The largest absolute Gasteiger partial charge is 0.393 e. The van der Waals surface area contributed by atoms with Crippen molar-refractivity contribution in [2.24, 2.45) is 52.1 Å². The van der Waals surface area contributed by atoms with Gasteiger partial charge in [0, 0.05) is 19.0 Å². The van der Waals surface area contributed by atoms with Gasteiger partial charge in [0.05, 0.1) is 24.5 Å². The van der Waals surface area contributed by atoms with Crippen molar-refractivity contribution in [3.63, 3.8) is 0 Å². The average Bonchev–Trinajstić information content (AvgIpc) is 3.21. The highest BCUT2D eigenvalue weighted by molar-refractivity contribution is 7.85. The summed E-state index contributed by atoms with van der Waals surface area (Å²) in [6.07, 6.45) is 5.96. The standard InChI is InChI=1S/C28H49N3O7S/c1-16(4-7-24(34)30-10-11-39(36,37)38)19-5-6-20-26-21(14-23(33)28(19,20)3)27(2)9-8-18(31-25(35)15-29)12-17(27)13-22(26)32/h16-23,26,32-33H,4-15,29H2,1-3H3,(H,30,34)(H,31,35)(H,36,37,38)/t16-,17+,18+,19-,20?,21?,22-,23+,26?,27+,28-/m1/s1. The molecule has 4 aliphatic carbocycles. The van der Waals surface area contributed by atoms with Crippen molar-refractivity contribution in [2.75, 3.05) is 18.8 Å². The molecular formula is C28H49N3O7S. The minimum absolute atomic E-state index is 0.0139. The zero-order valence-corrected chi connectivity index (χ0v) is 24.5. The molecule has 10 nitrogen and oxygen atoms in total. The van der Waals surface area contributed by atoms with Crippen molar-refractivity contribution < 1.29 is 32.8 Å². The number of nitrogens with two attached hydrogens (primary N) is 1. The molecule has 0 heterocycles.